The Bertz CT molecular complexity index is 400. The lowest BCUT2D eigenvalue weighted by molar-refractivity contribution is -0.137. The van der Waals surface area contributed by atoms with Gasteiger partial charge in [0.1, 0.15) is 12.7 Å². The molecule has 6 heteroatoms. The van der Waals surface area contributed by atoms with Crippen molar-refractivity contribution >= 4 is 5.91 Å². The first kappa shape index (κ1) is 11.6. The van der Waals surface area contributed by atoms with E-state index in [9.17, 15) is 4.79 Å². The number of hydrogen-bond acceptors (Lipinski definition) is 4. The van der Waals surface area contributed by atoms with Crippen LogP contribution in [0.1, 0.15) is 25.3 Å². The first-order valence-corrected chi connectivity index (χ1v) is 6.55. The molecule has 0 radical (unpaired) electrons. The molecule has 0 unspecified atom stereocenters. The molecule has 2 aliphatic heterocycles. The van der Waals surface area contributed by atoms with Gasteiger partial charge in [0.2, 0.25) is 5.91 Å². The second-order valence-corrected chi connectivity index (χ2v) is 5.02. The summed E-state index contributed by atoms with van der Waals surface area (Å²) in [5.74, 6) is 0.316. The van der Waals surface area contributed by atoms with Crippen LogP contribution in [0.15, 0.2) is 12.7 Å². The van der Waals surface area contributed by atoms with E-state index in [1.807, 2.05) is 9.58 Å². The van der Waals surface area contributed by atoms with Crippen LogP contribution in [-0.4, -0.2) is 51.9 Å². The predicted octanol–water partition coefficient (Wildman–Crippen LogP) is 0.478. The van der Waals surface area contributed by atoms with E-state index in [1.165, 1.54) is 0 Å². The SMILES string of the molecule is O=C([C@@H]1CCOC1)N1CCC[C@@H](n2cncn2)C1. The van der Waals surface area contributed by atoms with E-state index in [1.54, 1.807) is 12.7 Å². The highest BCUT2D eigenvalue weighted by atomic mass is 16.5. The highest BCUT2D eigenvalue weighted by Crippen LogP contribution is 2.23. The van der Waals surface area contributed by atoms with Gasteiger partial charge in [0.15, 0.2) is 0 Å². The Labute approximate surface area is 106 Å². The monoisotopic (exact) mass is 250 g/mol. The van der Waals surface area contributed by atoms with Gasteiger partial charge in [-0.1, -0.05) is 0 Å². The molecule has 0 aromatic carbocycles. The number of rotatable bonds is 2. The van der Waals surface area contributed by atoms with Crippen LogP contribution in [0.4, 0.5) is 0 Å². The smallest absolute Gasteiger partial charge is 0.228 e. The van der Waals surface area contributed by atoms with Gasteiger partial charge in [-0.05, 0) is 19.3 Å². The van der Waals surface area contributed by atoms with Gasteiger partial charge in [-0.15, -0.1) is 0 Å². The molecule has 3 rings (SSSR count). The van der Waals surface area contributed by atoms with Gasteiger partial charge in [-0.3, -0.25) is 4.79 Å². The molecule has 2 atom stereocenters. The summed E-state index contributed by atoms with van der Waals surface area (Å²) in [7, 11) is 0. The summed E-state index contributed by atoms with van der Waals surface area (Å²) in [5, 5.41) is 4.17. The highest BCUT2D eigenvalue weighted by molar-refractivity contribution is 5.79. The van der Waals surface area contributed by atoms with Crippen molar-refractivity contribution in [3.63, 3.8) is 0 Å². The molecular formula is C12H18N4O2. The molecule has 0 N–H and O–H groups in total. The number of ether oxygens (including phenoxy) is 1. The third-order valence-corrected chi connectivity index (χ3v) is 3.80. The predicted molar refractivity (Wildman–Crippen MR) is 63.8 cm³/mol. The summed E-state index contributed by atoms with van der Waals surface area (Å²) in [5.41, 5.74) is 0. The lowest BCUT2D eigenvalue weighted by atomic mass is 10.0. The van der Waals surface area contributed by atoms with Gasteiger partial charge in [0.05, 0.1) is 18.6 Å². The molecule has 0 saturated carbocycles. The Morgan fingerprint density at radius 2 is 2.33 bits per heavy atom. The van der Waals surface area contributed by atoms with Crippen molar-refractivity contribution in [3.05, 3.63) is 12.7 Å². The second kappa shape index (κ2) is 5.06. The summed E-state index contributed by atoms with van der Waals surface area (Å²) in [6.45, 7) is 2.92. The van der Waals surface area contributed by atoms with Crippen molar-refractivity contribution in [2.24, 2.45) is 5.92 Å². The van der Waals surface area contributed by atoms with Crippen molar-refractivity contribution in [2.75, 3.05) is 26.3 Å². The van der Waals surface area contributed by atoms with Crippen LogP contribution in [0.25, 0.3) is 0 Å². The lowest BCUT2D eigenvalue weighted by Gasteiger charge is -2.33. The van der Waals surface area contributed by atoms with E-state index in [-0.39, 0.29) is 17.9 Å². The quantitative estimate of drug-likeness (QED) is 0.766. The minimum Gasteiger partial charge on any atom is -0.381 e. The van der Waals surface area contributed by atoms with Crippen LogP contribution >= 0.6 is 0 Å². The largest absolute Gasteiger partial charge is 0.381 e. The molecule has 18 heavy (non-hydrogen) atoms. The van der Waals surface area contributed by atoms with E-state index in [0.29, 0.717) is 6.61 Å². The third kappa shape index (κ3) is 2.25. The number of piperidine rings is 1. The van der Waals surface area contributed by atoms with Gasteiger partial charge >= 0.3 is 0 Å². The van der Waals surface area contributed by atoms with E-state index in [4.69, 9.17) is 4.74 Å². The Morgan fingerprint density at radius 3 is 3.06 bits per heavy atom. The van der Waals surface area contributed by atoms with Gasteiger partial charge in [-0.2, -0.15) is 5.10 Å². The zero-order valence-electron chi connectivity index (χ0n) is 10.4. The molecule has 6 nitrogen and oxygen atoms in total. The first-order chi connectivity index (χ1) is 8.84. The van der Waals surface area contributed by atoms with Gasteiger partial charge < -0.3 is 9.64 Å². The molecule has 1 aromatic heterocycles. The number of nitrogens with zero attached hydrogens (tertiary/aromatic N) is 4. The number of likely N-dealkylation sites (tertiary alicyclic amines) is 1. The summed E-state index contributed by atoms with van der Waals surface area (Å²) >= 11 is 0. The molecule has 2 saturated heterocycles. The Kier molecular flexibility index (Phi) is 3.27. The second-order valence-electron chi connectivity index (χ2n) is 5.02. The first-order valence-electron chi connectivity index (χ1n) is 6.55. The van der Waals surface area contributed by atoms with Crippen LogP contribution in [-0.2, 0) is 9.53 Å². The number of amides is 1. The minimum atomic E-state index is 0.0690. The van der Waals surface area contributed by atoms with Gasteiger partial charge in [0, 0.05) is 19.7 Å². The lowest BCUT2D eigenvalue weighted by Crippen LogP contribution is -2.43. The fourth-order valence-electron chi connectivity index (χ4n) is 2.76. The Hall–Kier alpha value is -1.43. The fourth-order valence-corrected chi connectivity index (χ4v) is 2.76. The summed E-state index contributed by atoms with van der Waals surface area (Å²) < 4.78 is 7.16. The molecule has 0 spiro atoms. The molecule has 2 aliphatic rings. The average molecular weight is 250 g/mol. The van der Waals surface area contributed by atoms with Crippen LogP contribution < -0.4 is 0 Å². The zero-order valence-corrected chi connectivity index (χ0v) is 10.4. The molecule has 1 amide bonds. The summed E-state index contributed by atoms with van der Waals surface area (Å²) in [4.78, 5) is 18.3. The molecule has 0 aliphatic carbocycles. The van der Waals surface area contributed by atoms with Gasteiger partial charge in [0.25, 0.3) is 0 Å². The average Bonchev–Trinajstić information content (AvgIpc) is 3.11. The van der Waals surface area contributed by atoms with Gasteiger partial charge in [-0.25, -0.2) is 9.67 Å². The normalized spacial score (nSPS) is 28.6. The van der Waals surface area contributed by atoms with Crippen molar-refractivity contribution < 1.29 is 9.53 Å². The molecule has 3 heterocycles. The van der Waals surface area contributed by atoms with E-state index < -0.39 is 0 Å². The highest BCUT2D eigenvalue weighted by Gasteiger charge is 2.31. The van der Waals surface area contributed by atoms with Crippen molar-refractivity contribution in [3.8, 4) is 0 Å². The standard InChI is InChI=1S/C12H18N4O2/c17-12(10-3-5-18-7-10)15-4-1-2-11(6-15)16-9-13-8-14-16/h8-11H,1-7H2/t10-,11-/m1/s1. The number of carbonyl (C=O) groups excluding carboxylic acids is 1. The maximum absolute atomic E-state index is 12.3. The topological polar surface area (TPSA) is 60.2 Å². The van der Waals surface area contributed by atoms with E-state index in [0.717, 1.165) is 39.0 Å². The van der Waals surface area contributed by atoms with Crippen LogP contribution in [0.5, 0.6) is 0 Å². The molecule has 1 aromatic rings. The third-order valence-electron chi connectivity index (χ3n) is 3.80. The van der Waals surface area contributed by atoms with Crippen molar-refractivity contribution in [1.82, 2.24) is 19.7 Å². The van der Waals surface area contributed by atoms with Crippen molar-refractivity contribution in [2.45, 2.75) is 25.3 Å². The summed E-state index contributed by atoms with van der Waals surface area (Å²) in [6.07, 6.45) is 6.24. The summed E-state index contributed by atoms with van der Waals surface area (Å²) in [6, 6.07) is 0.271. The molecular weight excluding hydrogens is 232 g/mol. The Morgan fingerprint density at radius 1 is 1.39 bits per heavy atom. The van der Waals surface area contributed by atoms with E-state index in [2.05, 4.69) is 10.1 Å². The number of aromatic nitrogens is 3. The molecule has 2 fully saturated rings. The number of carbonyl (C=O) groups is 1. The van der Waals surface area contributed by atoms with Crippen LogP contribution in [0, 0.1) is 5.92 Å². The zero-order chi connectivity index (χ0) is 12.4. The minimum absolute atomic E-state index is 0.0690. The maximum atomic E-state index is 12.3. The van der Waals surface area contributed by atoms with Crippen molar-refractivity contribution in [1.29, 1.82) is 0 Å². The Balaban J connectivity index is 1.64. The van der Waals surface area contributed by atoms with E-state index >= 15 is 0 Å². The molecule has 98 valence electrons. The maximum Gasteiger partial charge on any atom is 0.228 e. The fraction of sp³-hybridized carbons (Fsp3) is 0.750. The van der Waals surface area contributed by atoms with Crippen LogP contribution in [0.2, 0.25) is 0 Å². The number of hydrogen-bond donors (Lipinski definition) is 0. The molecule has 0 bridgehead atoms. The van der Waals surface area contributed by atoms with Crippen LogP contribution in [0.3, 0.4) is 0 Å².